The molecule has 3 rings (SSSR count). The predicted molar refractivity (Wildman–Crippen MR) is 105 cm³/mol. The van der Waals surface area contributed by atoms with Crippen LogP contribution in [0.15, 0.2) is 48.5 Å². The van der Waals surface area contributed by atoms with Crippen LogP contribution in [0.2, 0.25) is 0 Å². The third-order valence-electron chi connectivity index (χ3n) is 5.00. The molecule has 150 valence electrons. The number of rotatable bonds is 7. The van der Waals surface area contributed by atoms with Gasteiger partial charge in [-0.25, -0.2) is 12.8 Å². The number of benzene rings is 2. The summed E-state index contributed by atoms with van der Waals surface area (Å²) in [4.78, 5) is 14.6. The minimum atomic E-state index is -3.11. The molecule has 0 N–H and O–H groups in total. The number of sulfone groups is 1. The molecule has 1 saturated heterocycles. The lowest BCUT2D eigenvalue weighted by atomic mass is 10.1. The van der Waals surface area contributed by atoms with Crippen molar-refractivity contribution in [1.29, 1.82) is 0 Å². The number of hydrogen-bond acceptors (Lipinski definition) is 4. The summed E-state index contributed by atoms with van der Waals surface area (Å²) < 4.78 is 42.4. The zero-order valence-electron chi connectivity index (χ0n) is 15.8. The first kappa shape index (κ1) is 20.3. The molecular formula is C21H24FNO4S. The summed E-state index contributed by atoms with van der Waals surface area (Å²) in [5, 5.41) is 0. The van der Waals surface area contributed by atoms with Gasteiger partial charge in [0.25, 0.3) is 0 Å². The monoisotopic (exact) mass is 405 g/mol. The highest BCUT2D eigenvalue weighted by Gasteiger charge is 2.34. The molecule has 1 aliphatic rings. The van der Waals surface area contributed by atoms with Gasteiger partial charge in [-0.1, -0.05) is 24.3 Å². The highest BCUT2D eigenvalue weighted by Crippen LogP contribution is 2.22. The molecule has 0 spiro atoms. The Morgan fingerprint density at radius 3 is 2.54 bits per heavy atom. The third kappa shape index (κ3) is 5.32. The minimum Gasteiger partial charge on any atom is -0.497 e. The molecule has 0 radical (unpaired) electrons. The van der Waals surface area contributed by atoms with Crippen LogP contribution < -0.4 is 4.74 Å². The van der Waals surface area contributed by atoms with E-state index in [9.17, 15) is 17.6 Å². The summed E-state index contributed by atoms with van der Waals surface area (Å²) in [6, 6.07) is 13.2. The fourth-order valence-electron chi connectivity index (χ4n) is 3.46. The number of amides is 1. The molecule has 0 aromatic heterocycles. The molecule has 1 atom stereocenters. The molecule has 7 heteroatoms. The average molecular weight is 405 g/mol. The lowest BCUT2D eigenvalue weighted by Crippen LogP contribution is -2.40. The van der Waals surface area contributed by atoms with Crippen LogP contribution in [0.5, 0.6) is 5.75 Å². The van der Waals surface area contributed by atoms with E-state index in [1.165, 1.54) is 12.1 Å². The number of methoxy groups -OCH3 is 1. The quantitative estimate of drug-likeness (QED) is 0.710. The fourth-order valence-corrected chi connectivity index (χ4v) is 5.19. The summed E-state index contributed by atoms with van der Waals surface area (Å²) in [7, 11) is -1.53. The highest BCUT2D eigenvalue weighted by atomic mass is 32.2. The molecule has 2 aromatic carbocycles. The van der Waals surface area contributed by atoms with Crippen molar-refractivity contribution in [2.24, 2.45) is 0 Å². The molecule has 2 aromatic rings. The SMILES string of the molecule is COc1ccc(CN(C(=O)CCc2cccc(F)c2)C2CCS(=O)(=O)C2)cc1. The van der Waals surface area contributed by atoms with Gasteiger partial charge in [0.05, 0.1) is 18.6 Å². The Bertz CT molecular complexity index is 928. The highest BCUT2D eigenvalue weighted by molar-refractivity contribution is 7.91. The summed E-state index contributed by atoms with van der Waals surface area (Å²) in [5.41, 5.74) is 1.65. The van der Waals surface area contributed by atoms with Crippen LogP contribution in [-0.4, -0.2) is 43.9 Å². The second-order valence-corrected chi connectivity index (χ2v) is 9.29. The third-order valence-corrected chi connectivity index (χ3v) is 6.75. The van der Waals surface area contributed by atoms with Crippen LogP contribution in [0.1, 0.15) is 24.0 Å². The minimum absolute atomic E-state index is 0.00510. The summed E-state index contributed by atoms with van der Waals surface area (Å²) in [6.07, 6.45) is 1.07. The normalized spacial score (nSPS) is 18.0. The van der Waals surface area contributed by atoms with E-state index in [-0.39, 0.29) is 35.7 Å². The van der Waals surface area contributed by atoms with Crippen molar-refractivity contribution in [3.8, 4) is 5.75 Å². The maximum atomic E-state index is 13.4. The molecule has 1 fully saturated rings. The second kappa shape index (κ2) is 8.73. The van der Waals surface area contributed by atoms with Crippen LogP contribution in [0.3, 0.4) is 0 Å². The van der Waals surface area contributed by atoms with Gasteiger partial charge in [0.2, 0.25) is 5.91 Å². The summed E-state index contributed by atoms with van der Waals surface area (Å²) in [5.74, 6) is 0.364. The molecule has 0 bridgehead atoms. The van der Waals surface area contributed by atoms with E-state index in [4.69, 9.17) is 4.74 Å². The standard InChI is InChI=1S/C21H24FNO4S/c1-27-20-8-5-17(6-9-20)14-23(19-11-12-28(25,26)15-19)21(24)10-7-16-3-2-4-18(22)13-16/h2-6,8-9,13,19H,7,10-12,14-15H2,1H3. The zero-order valence-corrected chi connectivity index (χ0v) is 16.6. The van der Waals surface area contributed by atoms with E-state index in [1.54, 1.807) is 24.1 Å². The number of ether oxygens (including phenoxy) is 1. The van der Waals surface area contributed by atoms with Gasteiger partial charge in [-0.15, -0.1) is 0 Å². The van der Waals surface area contributed by atoms with Gasteiger partial charge in [-0.3, -0.25) is 4.79 Å². The first-order valence-corrected chi connectivity index (χ1v) is 11.1. The van der Waals surface area contributed by atoms with E-state index in [1.807, 2.05) is 24.3 Å². The summed E-state index contributed by atoms with van der Waals surface area (Å²) in [6.45, 7) is 0.339. The van der Waals surface area contributed by atoms with Gasteiger partial charge < -0.3 is 9.64 Å². The van der Waals surface area contributed by atoms with E-state index in [0.29, 0.717) is 19.4 Å². The van der Waals surface area contributed by atoms with Crippen molar-refractivity contribution < 1.29 is 22.3 Å². The van der Waals surface area contributed by atoms with Crippen molar-refractivity contribution in [2.45, 2.75) is 31.8 Å². The van der Waals surface area contributed by atoms with Crippen molar-refractivity contribution in [1.82, 2.24) is 4.90 Å². The fraction of sp³-hybridized carbons (Fsp3) is 0.381. The van der Waals surface area contributed by atoms with Crippen molar-refractivity contribution in [3.05, 3.63) is 65.5 Å². The molecule has 1 heterocycles. The molecule has 1 unspecified atom stereocenters. The Kier molecular flexibility index (Phi) is 6.34. The largest absolute Gasteiger partial charge is 0.497 e. The van der Waals surface area contributed by atoms with E-state index < -0.39 is 9.84 Å². The van der Waals surface area contributed by atoms with Gasteiger partial charge in [0.15, 0.2) is 9.84 Å². The van der Waals surface area contributed by atoms with E-state index in [2.05, 4.69) is 0 Å². The number of aryl methyl sites for hydroxylation is 1. The molecule has 1 aliphatic heterocycles. The van der Waals surface area contributed by atoms with Crippen molar-refractivity contribution >= 4 is 15.7 Å². The van der Waals surface area contributed by atoms with Crippen LogP contribution in [0, 0.1) is 5.82 Å². The lowest BCUT2D eigenvalue weighted by Gasteiger charge is -2.28. The van der Waals surface area contributed by atoms with Crippen molar-refractivity contribution in [2.75, 3.05) is 18.6 Å². The van der Waals surface area contributed by atoms with E-state index in [0.717, 1.165) is 16.9 Å². The molecule has 0 aliphatic carbocycles. The first-order valence-electron chi connectivity index (χ1n) is 9.23. The number of carbonyl (C=O) groups is 1. The average Bonchev–Trinajstić information content (AvgIpc) is 3.04. The van der Waals surface area contributed by atoms with Gasteiger partial charge in [-0.05, 0) is 48.2 Å². The van der Waals surface area contributed by atoms with Crippen molar-refractivity contribution in [3.63, 3.8) is 0 Å². The number of carbonyl (C=O) groups excluding carboxylic acids is 1. The Hall–Kier alpha value is -2.41. The lowest BCUT2D eigenvalue weighted by molar-refractivity contribution is -0.133. The van der Waals surface area contributed by atoms with Gasteiger partial charge in [-0.2, -0.15) is 0 Å². The molecular weight excluding hydrogens is 381 g/mol. The second-order valence-electron chi connectivity index (χ2n) is 7.06. The molecule has 5 nitrogen and oxygen atoms in total. The van der Waals surface area contributed by atoms with Crippen LogP contribution >= 0.6 is 0 Å². The first-order chi connectivity index (χ1) is 13.4. The Balaban J connectivity index is 1.73. The number of nitrogens with zero attached hydrogens (tertiary/aromatic N) is 1. The Morgan fingerprint density at radius 2 is 1.93 bits per heavy atom. The number of halogens is 1. The van der Waals surface area contributed by atoms with Crippen LogP contribution in [-0.2, 0) is 27.6 Å². The van der Waals surface area contributed by atoms with Gasteiger partial charge >= 0.3 is 0 Å². The van der Waals surface area contributed by atoms with Gasteiger partial charge in [0.1, 0.15) is 11.6 Å². The molecule has 28 heavy (non-hydrogen) atoms. The smallest absolute Gasteiger partial charge is 0.223 e. The summed E-state index contributed by atoms with van der Waals surface area (Å²) >= 11 is 0. The Labute approximate surface area is 165 Å². The predicted octanol–water partition coefficient (Wildman–Crippen LogP) is 2.98. The molecule has 0 saturated carbocycles. The topological polar surface area (TPSA) is 63.7 Å². The van der Waals surface area contributed by atoms with E-state index >= 15 is 0 Å². The van der Waals surface area contributed by atoms with Gasteiger partial charge in [0, 0.05) is 19.0 Å². The van der Waals surface area contributed by atoms with Crippen LogP contribution in [0.25, 0.3) is 0 Å². The maximum absolute atomic E-state index is 13.4. The molecule has 1 amide bonds. The number of hydrogen-bond donors (Lipinski definition) is 0. The van der Waals surface area contributed by atoms with Crippen LogP contribution in [0.4, 0.5) is 4.39 Å². The maximum Gasteiger partial charge on any atom is 0.223 e. The zero-order chi connectivity index (χ0) is 20.1. The Morgan fingerprint density at radius 1 is 1.18 bits per heavy atom.